The number of para-hydroxylation sites is 3. The van der Waals surface area contributed by atoms with Gasteiger partial charge in [0.15, 0.2) is 17.5 Å². The monoisotopic (exact) mass is 801 g/mol. The molecule has 61 heavy (non-hydrogen) atoms. The van der Waals surface area contributed by atoms with Crippen molar-refractivity contribution in [2.75, 3.05) is 4.90 Å². The Balaban J connectivity index is 0.965. The topological polar surface area (TPSA) is 72.6 Å². The maximum atomic E-state index is 5.01. The fourth-order valence-corrected chi connectivity index (χ4v) is 8.78. The fourth-order valence-electron chi connectivity index (χ4n) is 7.94. The van der Waals surface area contributed by atoms with Crippen LogP contribution in [0.2, 0.25) is 0 Å². The van der Waals surface area contributed by atoms with E-state index in [9.17, 15) is 0 Å². The lowest BCUT2D eigenvalue weighted by Crippen LogP contribution is -2.09. The average Bonchev–Trinajstić information content (AvgIpc) is 3.97. The van der Waals surface area contributed by atoms with Gasteiger partial charge in [0, 0.05) is 61.3 Å². The molecule has 11 rings (SSSR count). The van der Waals surface area contributed by atoms with Gasteiger partial charge in [-0.2, -0.15) is 0 Å². The number of benzene rings is 8. The van der Waals surface area contributed by atoms with Crippen LogP contribution >= 0.6 is 11.3 Å². The Morgan fingerprint density at radius 3 is 1.46 bits per heavy atom. The number of hydrogen-bond acceptors (Lipinski definition) is 7. The first-order valence-corrected chi connectivity index (χ1v) is 20.9. The summed E-state index contributed by atoms with van der Waals surface area (Å²) in [4.78, 5) is 17.2. The Morgan fingerprint density at radius 2 is 0.820 bits per heavy atom. The molecule has 0 atom stereocenters. The van der Waals surface area contributed by atoms with Crippen molar-refractivity contribution in [2.24, 2.45) is 0 Å². The van der Waals surface area contributed by atoms with Crippen LogP contribution in [0.25, 0.3) is 82.8 Å². The molecule has 0 radical (unpaired) electrons. The smallest absolute Gasteiger partial charge is 0.164 e. The highest BCUT2D eigenvalue weighted by Crippen LogP contribution is 2.40. The SMILES string of the molecule is c1ccc(-c2nc(-c3ccccc3)nc(-c3cccc(-n4c5ccccc5c5cc(-c6nnc(-c7cccc(N(c8ccccc8)c8ccccc8)c7)s6)ccc54)c3)n2)cc1. The van der Waals surface area contributed by atoms with Crippen LogP contribution in [0.5, 0.6) is 0 Å². The molecule has 3 heterocycles. The summed E-state index contributed by atoms with van der Waals surface area (Å²) in [6.07, 6.45) is 0. The molecule has 288 valence electrons. The lowest BCUT2D eigenvalue weighted by atomic mass is 10.1. The average molecular weight is 802 g/mol. The van der Waals surface area contributed by atoms with E-state index in [0.717, 1.165) is 82.4 Å². The molecule has 0 bridgehead atoms. The first-order chi connectivity index (χ1) is 30.2. The molecule has 8 heteroatoms. The summed E-state index contributed by atoms with van der Waals surface area (Å²) in [6.45, 7) is 0. The van der Waals surface area contributed by atoms with Crippen molar-refractivity contribution in [3.05, 3.63) is 212 Å². The van der Waals surface area contributed by atoms with Crippen LogP contribution in [-0.4, -0.2) is 29.7 Å². The third-order valence-corrected chi connectivity index (χ3v) is 11.8. The van der Waals surface area contributed by atoms with Gasteiger partial charge in [0.2, 0.25) is 0 Å². The Kier molecular flexibility index (Phi) is 9.22. The van der Waals surface area contributed by atoms with Crippen molar-refractivity contribution < 1.29 is 0 Å². The van der Waals surface area contributed by atoms with Crippen molar-refractivity contribution in [3.63, 3.8) is 0 Å². The molecule has 0 fully saturated rings. The zero-order valence-corrected chi connectivity index (χ0v) is 33.6. The molecule has 0 unspecified atom stereocenters. The number of anilines is 3. The second-order valence-corrected chi connectivity index (χ2v) is 15.6. The summed E-state index contributed by atoms with van der Waals surface area (Å²) >= 11 is 1.60. The van der Waals surface area contributed by atoms with E-state index >= 15 is 0 Å². The van der Waals surface area contributed by atoms with Crippen molar-refractivity contribution in [1.82, 2.24) is 29.7 Å². The molecule has 0 saturated heterocycles. The largest absolute Gasteiger partial charge is 0.310 e. The fraction of sp³-hybridized carbons (Fsp3) is 0. The molecule has 0 saturated carbocycles. The van der Waals surface area contributed by atoms with E-state index in [1.54, 1.807) is 11.3 Å². The third kappa shape index (κ3) is 6.90. The Labute approximate surface area is 356 Å². The van der Waals surface area contributed by atoms with Crippen LogP contribution < -0.4 is 4.90 Å². The molecule has 0 aliphatic carbocycles. The Bertz CT molecular complexity index is 3210. The lowest BCUT2D eigenvalue weighted by molar-refractivity contribution is 1.07. The minimum Gasteiger partial charge on any atom is -0.310 e. The molecule has 0 amide bonds. The molecule has 0 aliphatic rings. The van der Waals surface area contributed by atoms with Gasteiger partial charge in [-0.3, -0.25) is 0 Å². The second kappa shape index (κ2) is 15.6. The van der Waals surface area contributed by atoms with Gasteiger partial charge in [-0.25, -0.2) is 15.0 Å². The first kappa shape index (κ1) is 36.0. The van der Waals surface area contributed by atoms with Crippen molar-refractivity contribution in [2.45, 2.75) is 0 Å². The number of aromatic nitrogens is 6. The summed E-state index contributed by atoms with van der Waals surface area (Å²) < 4.78 is 2.32. The van der Waals surface area contributed by atoms with E-state index in [1.165, 1.54) is 0 Å². The highest BCUT2D eigenvalue weighted by atomic mass is 32.1. The predicted octanol–water partition coefficient (Wildman–Crippen LogP) is 13.6. The van der Waals surface area contributed by atoms with Gasteiger partial charge in [-0.05, 0) is 72.8 Å². The first-order valence-electron chi connectivity index (χ1n) is 20.1. The van der Waals surface area contributed by atoms with Gasteiger partial charge in [0.25, 0.3) is 0 Å². The van der Waals surface area contributed by atoms with Crippen LogP contribution in [0.15, 0.2) is 212 Å². The number of rotatable bonds is 9. The van der Waals surface area contributed by atoms with Gasteiger partial charge in [-0.15, -0.1) is 10.2 Å². The van der Waals surface area contributed by atoms with Gasteiger partial charge in [-0.1, -0.05) is 151 Å². The van der Waals surface area contributed by atoms with E-state index in [0.29, 0.717) is 17.5 Å². The van der Waals surface area contributed by atoms with E-state index in [4.69, 9.17) is 25.1 Å². The molecular weight excluding hydrogens is 767 g/mol. The normalized spacial score (nSPS) is 11.3. The highest BCUT2D eigenvalue weighted by molar-refractivity contribution is 7.17. The maximum Gasteiger partial charge on any atom is 0.164 e. The number of fused-ring (bicyclic) bond motifs is 3. The second-order valence-electron chi connectivity index (χ2n) is 14.6. The standard InChI is InChI=1S/C53H35N7S/c1-5-17-36(18-6-1)49-54-50(37-19-7-2-8-20-37)56-51(55-49)38-21-15-28-44(33-38)60-47-30-14-13-29-45(47)46-35-40(31-32-48(46)60)53-58-57-52(61-53)39-22-16-27-43(34-39)59(41-23-9-3-10-24-41)42-25-11-4-12-26-42/h1-35H. The summed E-state index contributed by atoms with van der Waals surface area (Å²) in [7, 11) is 0. The molecule has 11 aromatic rings. The van der Waals surface area contributed by atoms with Gasteiger partial charge >= 0.3 is 0 Å². The molecule has 0 aliphatic heterocycles. The summed E-state index contributed by atoms with van der Waals surface area (Å²) in [5.41, 5.74) is 11.2. The van der Waals surface area contributed by atoms with E-state index in [2.05, 4.69) is 149 Å². The predicted molar refractivity (Wildman–Crippen MR) is 249 cm³/mol. The van der Waals surface area contributed by atoms with E-state index in [1.807, 2.05) is 72.8 Å². The Hall–Kier alpha value is -8.07. The van der Waals surface area contributed by atoms with Crippen LogP contribution in [0, 0.1) is 0 Å². The summed E-state index contributed by atoms with van der Waals surface area (Å²) in [5.74, 6) is 1.88. The molecule has 0 spiro atoms. The quantitative estimate of drug-likeness (QED) is 0.145. The zero-order valence-electron chi connectivity index (χ0n) is 32.7. The summed E-state index contributed by atoms with van der Waals surface area (Å²) in [5, 5.41) is 13.5. The maximum absolute atomic E-state index is 5.01. The molecule has 0 N–H and O–H groups in total. The van der Waals surface area contributed by atoms with Crippen molar-refractivity contribution in [3.8, 4) is 61.0 Å². The zero-order chi connectivity index (χ0) is 40.5. The molecule has 8 aromatic carbocycles. The van der Waals surface area contributed by atoms with Gasteiger partial charge in [0.1, 0.15) is 10.0 Å². The van der Waals surface area contributed by atoms with Gasteiger partial charge < -0.3 is 9.47 Å². The molecule has 3 aromatic heterocycles. The Morgan fingerprint density at radius 1 is 0.344 bits per heavy atom. The van der Waals surface area contributed by atoms with Crippen molar-refractivity contribution >= 4 is 50.2 Å². The van der Waals surface area contributed by atoms with E-state index < -0.39 is 0 Å². The summed E-state index contributed by atoms with van der Waals surface area (Å²) in [6, 6.07) is 73.1. The van der Waals surface area contributed by atoms with Gasteiger partial charge in [0.05, 0.1) is 11.0 Å². The van der Waals surface area contributed by atoms with Crippen LogP contribution in [0.3, 0.4) is 0 Å². The minimum atomic E-state index is 0.614. The van der Waals surface area contributed by atoms with Crippen LogP contribution in [0.1, 0.15) is 0 Å². The molecule has 7 nitrogen and oxygen atoms in total. The van der Waals surface area contributed by atoms with Crippen molar-refractivity contribution in [1.29, 1.82) is 0 Å². The minimum absolute atomic E-state index is 0.614. The lowest BCUT2D eigenvalue weighted by Gasteiger charge is -2.25. The van der Waals surface area contributed by atoms with E-state index in [-0.39, 0.29) is 0 Å². The third-order valence-electron chi connectivity index (χ3n) is 10.8. The number of hydrogen-bond donors (Lipinski definition) is 0. The highest BCUT2D eigenvalue weighted by Gasteiger charge is 2.19. The molecular formula is C53H35N7S. The van der Waals surface area contributed by atoms with Crippen LogP contribution in [-0.2, 0) is 0 Å². The van der Waals surface area contributed by atoms with Crippen LogP contribution in [0.4, 0.5) is 17.1 Å². The number of nitrogens with zero attached hydrogens (tertiary/aromatic N) is 7.